The number of benzene rings is 2. The number of alkyl halides is 2. The van der Waals surface area contributed by atoms with Crippen molar-refractivity contribution in [2.24, 2.45) is 0 Å². The van der Waals surface area contributed by atoms with Crippen LogP contribution in [0, 0.1) is 5.82 Å². The van der Waals surface area contributed by atoms with Crippen LogP contribution in [-0.4, -0.2) is 58.1 Å². The molecule has 1 aliphatic heterocycles. The van der Waals surface area contributed by atoms with E-state index < -0.39 is 30.3 Å². The average Bonchev–Trinajstić information content (AvgIpc) is 2.93. The van der Waals surface area contributed by atoms with E-state index in [1.807, 2.05) is 0 Å². The van der Waals surface area contributed by atoms with Gasteiger partial charge >= 0.3 is 5.97 Å². The number of piperazine rings is 1. The Morgan fingerprint density at radius 2 is 1.87 bits per heavy atom. The number of aromatic nitrogens is 3. The fourth-order valence-corrected chi connectivity index (χ4v) is 4.59. The number of carboxylic acids is 1. The van der Waals surface area contributed by atoms with Crippen molar-refractivity contribution in [3.63, 3.8) is 0 Å². The van der Waals surface area contributed by atoms with Gasteiger partial charge in [-0.3, -0.25) is 9.78 Å². The third-order valence-electron chi connectivity index (χ3n) is 6.34. The number of hydrogen-bond acceptors (Lipinski definition) is 7. The van der Waals surface area contributed by atoms with Crippen LogP contribution >= 0.6 is 11.6 Å². The molecule has 0 radical (unpaired) electrons. The van der Waals surface area contributed by atoms with E-state index in [-0.39, 0.29) is 22.8 Å². The fourth-order valence-electron chi connectivity index (χ4n) is 4.38. The molecular weight excluding hydrogens is 521 g/mol. The molecule has 2 atom stereocenters. The molecule has 0 aliphatic carbocycles. The largest absolute Gasteiger partial charge is 0.480 e. The molecule has 0 amide bonds. The zero-order valence-electron chi connectivity index (χ0n) is 19.8. The van der Waals surface area contributed by atoms with Crippen LogP contribution in [0.5, 0.6) is 0 Å². The van der Waals surface area contributed by atoms with Crippen molar-refractivity contribution in [1.82, 2.24) is 20.3 Å². The van der Waals surface area contributed by atoms with Crippen LogP contribution in [0.4, 0.5) is 24.8 Å². The summed E-state index contributed by atoms with van der Waals surface area (Å²) in [6.07, 6.45) is 1.65. The third-order valence-corrected chi connectivity index (χ3v) is 6.63. The van der Waals surface area contributed by atoms with Gasteiger partial charge in [-0.2, -0.15) is 0 Å². The van der Waals surface area contributed by atoms with Gasteiger partial charge in [0, 0.05) is 54.7 Å². The molecule has 0 saturated carbocycles. The molecule has 1 aliphatic rings. The van der Waals surface area contributed by atoms with Crippen LogP contribution in [-0.2, 0) is 4.79 Å². The standard InChI is InChI=1S/C26H22ClF3N6O2/c27-18-12-32-20-6-5-14(15-10-33-26(34-11-15)36-8-7-31-21(13-36)25(37)38)9-17(20)22(18)35-23(24(29)30)16-3-1-2-4-19(16)28/h1-6,9-12,21,23-24,31H,7-8,13H2,(H,32,35)(H,37,38)/t21-,23?/m0/s1. The lowest BCUT2D eigenvalue weighted by atomic mass is 10.0. The van der Waals surface area contributed by atoms with Crippen LogP contribution in [0.15, 0.2) is 61.1 Å². The number of aliphatic carboxylic acids is 1. The lowest BCUT2D eigenvalue weighted by Crippen LogP contribution is -2.54. The number of nitrogens with one attached hydrogen (secondary N) is 2. The molecular formula is C26H22ClF3N6O2. The molecule has 1 saturated heterocycles. The summed E-state index contributed by atoms with van der Waals surface area (Å²) in [6, 6.07) is 8.24. The Morgan fingerprint density at radius 3 is 2.58 bits per heavy atom. The van der Waals surface area contributed by atoms with E-state index in [9.17, 15) is 23.1 Å². The quantitative estimate of drug-likeness (QED) is 0.307. The lowest BCUT2D eigenvalue weighted by Gasteiger charge is -2.31. The van der Waals surface area contributed by atoms with Gasteiger partial charge in [0.25, 0.3) is 6.43 Å². The predicted molar refractivity (Wildman–Crippen MR) is 138 cm³/mol. The third kappa shape index (κ3) is 5.20. The summed E-state index contributed by atoms with van der Waals surface area (Å²) in [6.45, 7) is 1.28. The number of hydrogen-bond donors (Lipinski definition) is 3. The summed E-state index contributed by atoms with van der Waals surface area (Å²) in [5, 5.41) is 15.5. The molecule has 2 aromatic carbocycles. The second-order valence-electron chi connectivity index (χ2n) is 8.75. The van der Waals surface area contributed by atoms with E-state index in [2.05, 4.69) is 25.6 Å². The van der Waals surface area contributed by atoms with E-state index in [0.717, 1.165) is 6.07 Å². The minimum absolute atomic E-state index is 0.106. The molecule has 2 aromatic heterocycles. The monoisotopic (exact) mass is 542 g/mol. The van der Waals surface area contributed by atoms with Crippen LogP contribution in [0.25, 0.3) is 22.0 Å². The van der Waals surface area contributed by atoms with Crippen molar-refractivity contribution < 1.29 is 23.1 Å². The van der Waals surface area contributed by atoms with Gasteiger partial charge in [0.05, 0.1) is 16.2 Å². The summed E-state index contributed by atoms with van der Waals surface area (Å²) in [5.41, 5.74) is 1.84. The summed E-state index contributed by atoms with van der Waals surface area (Å²) in [5.74, 6) is -1.29. The first-order valence-corrected chi connectivity index (χ1v) is 12.1. The number of anilines is 2. The van der Waals surface area contributed by atoms with Gasteiger partial charge in [-0.25, -0.2) is 23.1 Å². The first-order valence-electron chi connectivity index (χ1n) is 11.7. The highest BCUT2D eigenvalue weighted by Crippen LogP contribution is 2.37. The maximum absolute atomic E-state index is 14.4. The number of carboxylic acid groups (broad SMARTS) is 1. The van der Waals surface area contributed by atoms with Gasteiger partial charge in [0.1, 0.15) is 17.9 Å². The lowest BCUT2D eigenvalue weighted by molar-refractivity contribution is -0.139. The summed E-state index contributed by atoms with van der Waals surface area (Å²) in [4.78, 5) is 26.2. The summed E-state index contributed by atoms with van der Waals surface area (Å²) in [7, 11) is 0. The maximum Gasteiger partial charge on any atom is 0.322 e. The van der Waals surface area contributed by atoms with Gasteiger partial charge in [-0.15, -0.1) is 0 Å². The van der Waals surface area contributed by atoms with Gasteiger partial charge in [0.15, 0.2) is 0 Å². The Hall–Kier alpha value is -3.96. The topological polar surface area (TPSA) is 103 Å². The van der Waals surface area contributed by atoms with Crippen LogP contribution < -0.4 is 15.5 Å². The van der Waals surface area contributed by atoms with Gasteiger partial charge < -0.3 is 20.6 Å². The Bertz CT molecular complexity index is 1470. The zero-order chi connectivity index (χ0) is 26.8. The van der Waals surface area contributed by atoms with Gasteiger partial charge in [-0.1, -0.05) is 35.9 Å². The molecule has 0 spiro atoms. The first-order chi connectivity index (χ1) is 18.3. The molecule has 4 aromatic rings. The first kappa shape index (κ1) is 25.7. The van der Waals surface area contributed by atoms with Crippen LogP contribution in [0.1, 0.15) is 11.6 Å². The molecule has 0 bridgehead atoms. The molecule has 12 heteroatoms. The van der Waals surface area contributed by atoms with E-state index >= 15 is 0 Å². The Labute approximate surface area is 220 Å². The number of pyridine rings is 1. The minimum atomic E-state index is -2.92. The molecule has 8 nitrogen and oxygen atoms in total. The summed E-state index contributed by atoms with van der Waals surface area (Å²) < 4.78 is 42.4. The highest BCUT2D eigenvalue weighted by molar-refractivity contribution is 6.34. The maximum atomic E-state index is 14.4. The predicted octanol–water partition coefficient (Wildman–Crippen LogP) is 4.77. The molecule has 38 heavy (non-hydrogen) atoms. The number of fused-ring (bicyclic) bond motifs is 1. The van der Waals surface area contributed by atoms with Crippen LogP contribution in [0.2, 0.25) is 5.02 Å². The van der Waals surface area contributed by atoms with E-state index in [4.69, 9.17) is 11.6 Å². The number of halogens is 4. The zero-order valence-corrected chi connectivity index (χ0v) is 20.5. The van der Waals surface area contributed by atoms with E-state index in [0.29, 0.717) is 41.1 Å². The Morgan fingerprint density at radius 1 is 1.11 bits per heavy atom. The number of nitrogens with zero attached hydrogens (tertiary/aromatic N) is 4. The normalized spacial score (nSPS) is 16.6. The van der Waals surface area contributed by atoms with Crippen molar-refractivity contribution in [3.8, 4) is 11.1 Å². The van der Waals surface area contributed by atoms with Crippen molar-refractivity contribution in [1.29, 1.82) is 0 Å². The molecule has 3 heterocycles. The molecule has 5 rings (SSSR count). The fraction of sp³-hybridized carbons (Fsp3) is 0.231. The number of rotatable bonds is 7. The van der Waals surface area contributed by atoms with Gasteiger partial charge in [0.2, 0.25) is 5.95 Å². The minimum Gasteiger partial charge on any atom is -0.480 e. The second kappa shape index (κ2) is 10.8. The molecule has 3 N–H and O–H groups in total. The summed E-state index contributed by atoms with van der Waals surface area (Å²) >= 11 is 6.38. The van der Waals surface area contributed by atoms with Crippen molar-refractivity contribution >= 4 is 40.1 Å². The van der Waals surface area contributed by atoms with Crippen molar-refractivity contribution in [2.75, 3.05) is 29.9 Å². The number of carbonyl (C=O) groups is 1. The van der Waals surface area contributed by atoms with E-state index in [1.54, 1.807) is 35.5 Å². The highest BCUT2D eigenvalue weighted by Gasteiger charge is 2.28. The smallest absolute Gasteiger partial charge is 0.322 e. The second-order valence-corrected chi connectivity index (χ2v) is 9.16. The Kier molecular flexibility index (Phi) is 7.30. The van der Waals surface area contributed by atoms with Crippen molar-refractivity contribution in [2.45, 2.75) is 18.5 Å². The molecule has 1 unspecified atom stereocenters. The highest BCUT2D eigenvalue weighted by atomic mass is 35.5. The molecule has 1 fully saturated rings. The SMILES string of the molecule is O=C(O)[C@@H]1CN(c2ncc(-c3ccc4ncc(Cl)c(NC(c5ccccc5F)C(F)F)c4c3)cn2)CCN1. The van der Waals surface area contributed by atoms with E-state index in [1.165, 1.54) is 24.4 Å². The van der Waals surface area contributed by atoms with Gasteiger partial charge in [-0.05, 0) is 23.8 Å². The molecule has 196 valence electrons. The Balaban J connectivity index is 1.47. The van der Waals surface area contributed by atoms with Crippen molar-refractivity contribution in [3.05, 3.63) is 77.5 Å². The average molecular weight is 543 g/mol. The van der Waals surface area contributed by atoms with Crippen LogP contribution in [0.3, 0.4) is 0 Å².